The van der Waals surface area contributed by atoms with E-state index in [-0.39, 0.29) is 11.6 Å². The largest absolute Gasteiger partial charge is 0.487 e. The van der Waals surface area contributed by atoms with Crippen molar-refractivity contribution >= 4 is 27.5 Å². The number of rotatable bonds is 2. The molecule has 0 spiro atoms. The first-order chi connectivity index (χ1) is 9.84. The first kappa shape index (κ1) is 14.9. The van der Waals surface area contributed by atoms with E-state index in [1.165, 1.54) is 5.56 Å². The van der Waals surface area contributed by atoms with Gasteiger partial charge in [0.2, 0.25) is 0 Å². The van der Waals surface area contributed by atoms with Gasteiger partial charge < -0.3 is 10.5 Å². The van der Waals surface area contributed by atoms with Crippen LogP contribution >= 0.6 is 27.5 Å². The molecule has 1 heterocycles. The number of fused-ring (bicyclic) bond motifs is 1. The summed E-state index contributed by atoms with van der Waals surface area (Å²) in [6.07, 6.45) is 0.905. The number of hydrogen-bond donors (Lipinski definition) is 1. The second kappa shape index (κ2) is 5.31. The topological polar surface area (TPSA) is 35.2 Å². The molecule has 4 heteroatoms. The van der Waals surface area contributed by atoms with E-state index >= 15 is 0 Å². The summed E-state index contributed by atoms with van der Waals surface area (Å²) < 4.78 is 6.84. The van der Waals surface area contributed by atoms with E-state index in [2.05, 4.69) is 35.8 Å². The molecular weight excluding hydrogens is 350 g/mol. The second-order valence-electron chi connectivity index (χ2n) is 6.09. The first-order valence-corrected chi connectivity index (χ1v) is 8.05. The Morgan fingerprint density at radius 1 is 1.19 bits per heavy atom. The van der Waals surface area contributed by atoms with Crippen LogP contribution in [0, 0.1) is 0 Å². The molecule has 1 aliphatic heterocycles. The third-order valence-electron chi connectivity index (χ3n) is 3.69. The van der Waals surface area contributed by atoms with Crippen LogP contribution in [-0.4, -0.2) is 5.60 Å². The molecular formula is C17H17BrClNO. The van der Waals surface area contributed by atoms with Gasteiger partial charge in [-0.15, -0.1) is 0 Å². The standard InChI is InChI=1S/C17H17BrClNO/c1-17(2)9-12-5-10(3-4-15(12)21-17)16(20)11-6-13(18)8-14(19)7-11/h3-8,16H,9,20H2,1-2H3. The van der Waals surface area contributed by atoms with Crippen molar-refractivity contribution in [2.45, 2.75) is 31.9 Å². The highest BCUT2D eigenvalue weighted by Crippen LogP contribution is 2.37. The normalized spacial score (nSPS) is 17.2. The number of halogens is 2. The molecule has 110 valence electrons. The third kappa shape index (κ3) is 3.10. The maximum absolute atomic E-state index is 6.40. The molecule has 0 radical (unpaired) electrons. The Bertz CT molecular complexity index is 679. The number of ether oxygens (including phenoxy) is 1. The van der Waals surface area contributed by atoms with Crippen molar-refractivity contribution in [1.29, 1.82) is 0 Å². The van der Waals surface area contributed by atoms with Crippen LogP contribution in [0.25, 0.3) is 0 Å². The average Bonchev–Trinajstić information content (AvgIpc) is 2.69. The minimum absolute atomic E-state index is 0.135. The minimum Gasteiger partial charge on any atom is -0.487 e. The smallest absolute Gasteiger partial charge is 0.123 e. The Morgan fingerprint density at radius 3 is 2.67 bits per heavy atom. The number of hydrogen-bond acceptors (Lipinski definition) is 2. The van der Waals surface area contributed by atoms with E-state index in [1.807, 2.05) is 30.3 Å². The summed E-state index contributed by atoms with van der Waals surface area (Å²) in [5.74, 6) is 0.961. The molecule has 1 unspecified atom stereocenters. The first-order valence-electron chi connectivity index (χ1n) is 6.87. The van der Waals surface area contributed by atoms with Gasteiger partial charge >= 0.3 is 0 Å². The summed E-state index contributed by atoms with van der Waals surface area (Å²) in [5, 5.41) is 0.681. The van der Waals surface area contributed by atoms with Crippen LogP contribution in [0.3, 0.4) is 0 Å². The highest BCUT2D eigenvalue weighted by molar-refractivity contribution is 9.10. The minimum atomic E-state index is -0.200. The van der Waals surface area contributed by atoms with E-state index in [4.69, 9.17) is 22.1 Å². The van der Waals surface area contributed by atoms with Crippen molar-refractivity contribution in [2.24, 2.45) is 5.73 Å². The lowest BCUT2D eigenvalue weighted by Crippen LogP contribution is -2.24. The number of benzene rings is 2. The Hall–Kier alpha value is -1.03. The monoisotopic (exact) mass is 365 g/mol. The van der Waals surface area contributed by atoms with Crippen molar-refractivity contribution in [1.82, 2.24) is 0 Å². The highest BCUT2D eigenvalue weighted by Gasteiger charge is 2.30. The van der Waals surface area contributed by atoms with Gasteiger partial charge in [-0.25, -0.2) is 0 Å². The molecule has 2 aromatic carbocycles. The van der Waals surface area contributed by atoms with Gasteiger partial charge in [0, 0.05) is 15.9 Å². The summed E-state index contributed by atoms with van der Waals surface area (Å²) in [6.45, 7) is 4.20. The Balaban J connectivity index is 1.95. The molecule has 0 aromatic heterocycles. The summed E-state index contributed by atoms with van der Waals surface area (Å²) >= 11 is 9.57. The molecule has 2 aromatic rings. The van der Waals surface area contributed by atoms with Gasteiger partial charge in [0.25, 0.3) is 0 Å². The molecule has 3 rings (SSSR count). The van der Waals surface area contributed by atoms with E-state index in [0.29, 0.717) is 5.02 Å². The van der Waals surface area contributed by atoms with Crippen molar-refractivity contribution in [3.8, 4) is 5.75 Å². The molecule has 0 amide bonds. The van der Waals surface area contributed by atoms with Crippen molar-refractivity contribution < 1.29 is 4.74 Å². The highest BCUT2D eigenvalue weighted by atomic mass is 79.9. The lowest BCUT2D eigenvalue weighted by Gasteiger charge is -2.16. The summed E-state index contributed by atoms with van der Waals surface area (Å²) in [4.78, 5) is 0. The quantitative estimate of drug-likeness (QED) is 0.823. The van der Waals surface area contributed by atoms with Gasteiger partial charge in [-0.05, 0) is 54.8 Å². The van der Waals surface area contributed by atoms with E-state index in [1.54, 1.807) is 0 Å². The van der Waals surface area contributed by atoms with Crippen LogP contribution in [0.1, 0.15) is 36.6 Å². The number of nitrogens with two attached hydrogens (primary N) is 1. The molecule has 2 N–H and O–H groups in total. The predicted molar refractivity (Wildman–Crippen MR) is 90.0 cm³/mol. The van der Waals surface area contributed by atoms with Gasteiger partial charge in [0.1, 0.15) is 11.4 Å². The van der Waals surface area contributed by atoms with Gasteiger partial charge in [0.15, 0.2) is 0 Å². The Labute approximate surface area is 138 Å². The fourth-order valence-electron chi connectivity index (χ4n) is 2.77. The maximum Gasteiger partial charge on any atom is 0.123 e. The van der Waals surface area contributed by atoms with E-state index in [0.717, 1.165) is 27.8 Å². The molecule has 0 saturated heterocycles. The van der Waals surface area contributed by atoms with Gasteiger partial charge in [-0.2, -0.15) is 0 Å². The van der Waals surface area contributed by atoms with Gasteiger partial charge in [-0.1, -0.05) is 39.7 Å². The predicted octanol–water partition coefficient (Wildman–Crippen LogP) is 4.86. The molecule has 0 aliphatic carbocycles. The summed E-state index contributed by atoms with van der Waals surface area (Å²) in [5.41, 5.74) is 9.54. The van der Waals surface area contributed by atoms with Gasteiger partial charge in [0.05, 0.1) is 6.04 Å². The van der Waals surface area contributed by atoms with E-state index in [9.17, 15) is 0 Å². The zero-order valence-electron chi connectivity index (χ0n) is 12.0. The van der Waals surface area contributed by atoms with Crippen LogP contribution in [0.15, 0.2) is 40.9 Å². The fourth-order valence-corrected chi connectivity index (χ4v) is 3.66. The van der Waals surface area contributed by atoms with Crippen molar-refractivity contribution in [2.75, 3.05) is 0 Å². The zero-order valence-corrected chi connectivity index (χ0v) is 14.3. The molecule has 0 fully saturated rings. The van der Waals surface area contributed by atoms with Gasteiger partial charge in [-0.3, -0.25) is 0 Å². The maximum atomic E-state index is 6.40. The molecule has 2 nitrogen and oxygen atoms in total. The zero-order chi connectivity index (χ0) is 15.2. The molecule has 1 aliphatic rings. The van der Waals surface area contributed by atoms with Crippen molar-refractivity contribution in [3.05, 3.63) is 62.6 Å². The SMILES string of the molecule is CC1(C)Cc2cc(C(N)c3cc(Cl)cc(Br)c3)ccc2O1. The Morgan fingerprint density at radius 2 is 1.95 bits per heavy atom. The lowest BCUT2D eigenvalue weighted by molar-refractivity contribution is 0.138. The molecule has 21 heavy (non-hydrogen) atoms. The second-order valence-corrected chi connectivity index (χ2v) is 7.44. The van der Waals surface area contributed by atoms with Crippen LogP contribution in [-0.2, 0) is 6.42 Å². The third-order valence-corrected chi connectivity index (χ3v) is 4.37. The lowest BCUT2D eigenvalue weighted by atomic mass is 9.95. The van der Waals surface area contributed by atoms with E-state index < -0.39 is 0 Å². The Kier molecular flexibility index (Phi) is 3.76. The summed E-state index contributed by atoms with van der Waals surface area (Å²) in [6, 6.07) is 11.8. The van der Waals surface area contributed by atoms with Crippen LogP contribution in [0.2, 0.25) is 5.02 Å². The molecule has 0 saturated carbocycles. The van der Waals surface area contributed by atoms with Crippen LogP contribution in [0.5, 0.6) is 5.75 Å². The average molecular weight is 367 g/mol. The molecule has 0 bridgehead atoms. The van der Waals surface area contributed by atoms with Crippen molar-refractivity contribution in [3.63, 3.8) is 0 Å². The fraction of sp³-hybridized carbons (Fsp3) is 0.294. The van der Waals surface area contributed by atoms with Crippen LogP contribution < -0.4 is 10.5 Å². The van der Waals surface area contributed by atoms with Crippen LogP contribution in [0.4, 0.5) is 0 Å². The summed E-state index contributed by atoms with van der Waals surface area (Å²) in [7, 11) is 0. The molecule has 1 atom stereocenters.